The molecule has 25 heavy (non-hydrogen) atoms. The van der Waals surface area contributed by atoms with Crippen molar-refractivity contribution in [1.29, 1.82) is 0 Å². The average Bonchev–Trinajstić information content (AvgIpc) is 3.03. The van der Waals surface area contributed by atoms with Crippen molar-refractivity contribution in [2.45, 2.75) is 31.6 Å². The number of alkyl halides is 3. The van der Waals surface area contributed by atoms with Gasteiger partial charge in [-0.3, -0.25) is 4.90 Å². The summed E-state index contributed by atoms with van der Waals surface area (Å²) in [4.78, 5) is 6.44. The molecule has 138 valence electrons. The Hall–Kier alpha value is -1.64. The number of rotatable bonds is 4. The quantitative estimate of drug-likeness (QED) is 0.886. The largest absolute Gasteiger partial charge is 0.416 e. The lowest BCUT2D eigenvalue weighted by Crippen LogP contribution is -2.43. The molecule has 1 aliphatic heterocycles. The van der Waals surface area contributed by atoms with E-state index >= 15 is 0 Å². The minimum absolute atomic E-state index is 0. The molecule has 0 aliphatic carbocycles. The van der Waals surface area contributed by atoms with Crippen molar-refractivity contribution in [3.8, 4) is 11.4 Å². The van der Waals surface area contributed by atoms with E-state index in [-0.39, 0.29) is 18.2 Å². The maximum absolute atomic E-state index is 12.8. The zero-order chi connectivity index (χ0) is 17.2. The van der Waals surface area contributed by atoms with E-state index in [1.54, 1.807) is 6.07 Å². The van der Waals surface area contributed by atoms with Crippen molar-refractivity contribution < 1.29 is 17.7 Å². The molecule has 1 unspecified atom stereocenters. The van der Waals surface area contributed by atoms with E-state index in [2.05, 4.69) is 20.4 Å². The summed E-state index contributed by atoms with van der Waals surface area (Å²) in [7, 11) is 1.94. The molecule has 1 saturated heterocycles. The highest BCUT2D eigenvalue weighted by Crippen LogP contribution is 2.31. The van der Waals surface area contributed by atoms with E-state index < -0.39 is 11.7 Å². The van der Waals surface area contributed by atoms with Crippen molar-refractivity contribution >= 4 is 12.4 Å². The number of likely N-dealkylation sites (N-methyl/N-ethyl adjacent to an activating group) is 1. The summed E-state index contributed by atoms with van der Waals surface area (Å²) in [5.74, 6) is 0.595. The van der Waals surface area contributed by atoms with Crippen LogP contribution >= 0.6 is 12.4 Å². The predicted octanol–water partition coefficient (Wildman–Crippen LogP) is 3.36. The third kappa shape index (κ3) is 4.93. The van der Waals surface area contributed by atoms with Gasteiger partial charge in [0.1, 0.15) is 0 Å². The molecule has 3 rings (SSSR count). The van der Waals surface area contributed by atoms with Crippen LogP contribution in [0.25, 0.3) is 11.4 Å². The summed E-state index contributed by atoms with van der Waals surface area (Å²) < 4.78 is 43.6. The summed E-state index contributed by atoms with van der Waals surface area (Å²) >= 11 is 0. The van der Waals surface area contributed by atoms with Gasteiger partial charge in [-0.1, -0.05) is 17.3 Å². The molecule has 5 nitrogen and oxygen atoms in total. The highest BCUT2D eigenvalue weighted by molar-refractivity contribution is 5.85. The third-order valence-corrected chi connectivity index (χ3v) is 4.19. The molecule has 9 heteroatoms. The Balaban J connectivity index is 0.00000225. The predicted molar refractivity (Wildman–Crippen MR) is 89.3 cm³/mol. The molecule has 2 heterocycles. The first-order valence-electron chi connectivity index (χ1n) is 7.85. The van der Waals surface area contributed by atoms with Crippen LogP contribution in [0.1, 0.15) is 24.3 Å². The Morgan fingerprint density at radius 2 is 2.16 bits per heavy atom. The maximum Gasteiger partial charge on any atom is 0.416 e. The number of likely N-dealkylation sites (tertiary alicyclic amines) is 1. The highest BCUT2D eigenvalue weighted by atomic mass is 35.5. The van der Waals surface area contributed by atoms with Crippen molar-refractivity contribution in [3.05, 3.63) is 35.7 Å². The second kappa shape index (κ2) is 8.16. The number of hydrogen-bond acceptors (Lipinski definition) is 5. The van der Waals surface area contributed by atoms with Gasteiger partial charge in [0.15, 0.2) is 0 Å². The van der Waals surface area contributed by atoms with Gasteiger partial charge in [-0.25, -0.2) is 0 Å². The molecule has 0 radical (unpaired) electrons. The number of nitrogens with zero attached hydrogens (tertiary/aromatic N) is 3. The topological polar surface area (TPSA) is 54.2 Å². The first-order chi connectivity index (χ1) is 11.5. The van der Waals surface area contributed by atoms with Gasteiger partial charge in [-0.15, -0.1) is 12.4 Å². The van der Waals surface area contributed by atoms with Crippen LogP contribution in [0.2, 0.25) is 0 Å². The van der Waals surface area contributed by atoms with Crippen LogP contribution in [-0.2, 0) is 12.7 Å². The number of halogens is 4. The third-order valence-electron chi connectivity index (χ3n) is 4.19. The minimum Gasteiger partial charge on any atom is -0.338 e. The average molecular weight is 377 g/mol. The highest BCUT2D eigenvalue weighted by Gasteiger charge is 2.30. The molecule has 1 fully saturated rings. The fraction of sp³-hybridized carbons (Fsp3) is 0.500. The van der Waals surface area contributed by atoms with Crippen molar-refractivity contribution in [1.82, 2.24) is 20.4 Å². The van der Waals surface area contributed by atoms with Crippen LogP contribution in [0.15, 0.2) is 28.8 Å². The monoisotopic (exact) mass is 376 g/mol. The van der Waals surface area contributed by atoms with E-state index in [9.17, 15) is 13.2 Å². The Labute approximate surface area is 150 Å². The number of benzene rings is 1. The normalized spacial score (nSPS) is 18.8. The molecule has 0 bridgehead atoms. The molecule has 1 atom stereocenters. The Morgan fingerprint density at radius 1 is 1.36 bits per heavy atom. The minimum atomic E-state index is -4.39. The summed E-state index contributed by atoms with van der Waals surface area (Å²) in [5, 5.41) is 7.07. The molecule has 2 aromatic rings. The van der Waals surface area contributed by atoms with E-state index in [0.29, 0.717) is 24.0 Å². The van der Waals surface area contributed by atoms with E-state index in [4.69, 9.17) is 4.52 Å². The van der Waals surface area contributed by atoms with Crippen molar-refractivity contribution in [2.75, 3.05) is 20.1 Å². The van der Waals surface area contributed by atoms with Gasteiger partial charge in [0, 0.05) is 18.2 Å². The molecule has 1 N–H and O–H groups in total. The van der Waals surface area contributed by atoms with Crippen LogP contribution in [0, 0.1) is 0 Å². The number of nitrogens with one attached hydrogen (secondary N) is 1. The fourth-order valence-electron chi connectivity index (χ4n) is 2.90. The van der Waals surface area contributed by atoms with Gasteiger partial charge in [0.05, 0.1) is 12.1 Å². The molecule has 1 aromatic carbocycles. The van der Waals surface area contributed by atoms with Crippen molar-refractivity contribution in [2.24, 2.45) is 0 Å². The number of piperidine rings is 1. The Morgan fingerprint density at radius 3 is 2.88 bits per heavy atom. The molecule has 1 aliphatic rings. The first-order valence-corrected chi connectivity index (χ1v) is 7.85. The zero-order valence-electron chi connectivity index (χ0n) is 13.7. The molecular weight excluding hydrogens is 357 g/mol. The van der Waals surface area contributed by atoms with Gasteiger partial charge < -0.3 is 9.84 Å². The Bertz CT molecular complexity index is 692. The molecular formula is C16H20ClF3N4O. The summed E-state index contributed by atoms with van der Waals surface area (Å²) in [6.07, 6.45) is -2.18. The van der Waals surface area contributed by atoms with Gasteiger partial charge >= 0.3 is 6.18 Å². The van der Waals surface area contributed by atoms with Gasteiger partial charge in [0.25, 0.3) is 0 Å². The van der Waals surface area contributed by atoms with Gasteiger partial charge in [-0.2, -0.15) is 18.2 Å². The number of aromatic nitrogens is 2. The van der Waals surface area contributed by atoms with Crippen LogP contribution in [0.5, 0.6) is 0 Å². The summed E-state index contributed by atoms with van der Waals surface area (Å²) in [6.45, 7) is 2.33. The summed E-state index contributed by atoms with van der Waals surface area (Å²) in [6, 6.07) is 5.38. The maximum atomic E-state index is 12.8. The standard InChI is InChI=1S/C16H19F3N4O.ClH/c1-20-13-6-3-7-23(9-13)10-14-21-15(22-24-14)11-4-2-5-12(8-11)16(17,18)19;/h2,4-5,8,13,20H,3,6-7,9-10H2,1H3;1H. The SMILES string of the molecule is CNC1CCCN(Cc2nc(-c3cccc(C(F)(F)F)c3)no2)C1.Cl. The van der Waals surface area contributed by atoms with Crippen LogP contribution in [0.4, 0.5) is 13.2 Å². The summed E-state index contributed by atoms with van der Waals surface area (Å²) in [5.41, 5.74) is -0.425. The lowest BCUT2D eigenvalue weighted by atomic mass is 10.1. The van der Waals surface area contributed by atoms with E-state index in [1.165, 1.54) is 6.07 Å². The van der Waals surface area contributed by atoms with Gasteiger partial charge in [-0.05, 0) is 38.6 Å². The molecule has 0 spiro atoms. The number of hydrogen-bond donors (Lipinski definition) is 1. The molecule has 1 aromatic heterocycles. The Kier molecular flexibility index (Phi) is 6.42. The van der Waals surface area contributed by atoms with E-state index in [0.717, 1.165) is 38.1 Å². The van der Waals surface area contributed by atoms with Crippen LogP contribution in [0.3, 0.4) is 0 Å². The van der Waals surface area contributed by atoms with E-state index in [1.807, 2.05) is 7.05 Å². The van der Waals surface area contributed by atoms with Crippen LogP contribution in [-0.4, -0.2) is 41.2 Å². The van der Waals surface area contributed by atoms with Gasteiger partial charge in [0.2, 0.25) is 11.7 Å². The first kappa shape index (κ1) is 19.7. The van der Waals surface area contributed by atoms with Crippen LogP contribution < -0.4 is 5.32 Å². The lowest BCUT2D eigenvalue weighted by Gasteiger charge is -2.31. The second-order valence-corrected chi connectivity index (χ2v) is 5.95. The fourth-order valence-corrected chi connectivity index (χ4v) is 2.90. The lowest BCUT2D eigenvalue weighted by molar-refractivity contribution is -0.137. The smallest absolute Gasteiger partial charge is 0.338 e. The molecule has 0 saturated carbocycles. The second-order valence-electron chi connectivity index (χ2n) is 5.95. The van der Waals surface area contributed by atoms with Crippen molar-refractivity contribution in [3.63, 3.8) is 0 Å². The molecule has 0 amide bonds. The zero-order valence-corrected chi connectivity index (χ0v) is 14.5.